The van der Waals surface area contributed by atoms with E-state index in [0.717, 1.165) is 18.7 Å². The summed E-state index contributed by atoms with van der Waals surface area (Å²) < 4.78 is 0. The van der Waals surface area contributed by atoms with Gasteiger partial charge in [0.2, 0.25) is 0 Å². The fourth-order valence-corrected chi connectivity index (χ4v) is 7.41. The first-order valence-electron chi connectivity index (χ1n) is 14.6. The van der Waals surface area contributed by atoms with E-state index in [2.05, 4.69) is 71.6 Å². The lowest BCUT2D eigenvalue weighted by Crippen LogP contribution is -2.32. The molecule has 1 N–H and O–H groups in total. The van der Waals surface area contributed by atoms with Gasteiger partial charge in [0.25, 0.3) is 0 Å². The van der Waals surface area contributed by atoms with E-state index < -0.39 is 6.10 Å². The molecule has 2 aliphatic carbocycles. The topological polar surface area (TPSA) is 23.5 Å². The first-order valence-corrected chi connectivity index (χ1v) is 14.6. The molecule has 0 spiro atoms. The third kappa shape index (κ3) is 4.21. The Balaban J connectivity index is 1.42. The summed E-state index contributed by atoms with van der Waals surface area (Å²) in [6, 6.07) is 30.4. The number of nitrogens with zero attached hydrogens (tertiary/aromatic N) is 1. The number of rotatable bonds is 4. The quantitative estimate of drug-likeness (QED) is 0.308. The molecule has 1 aliphatic heterocycles. The van der Waals surface area contributed by atoms with Crippen molar-refractivity contribution in [1.82, 2.24) is 4.90 Å². The second kappa shape index (κ2) is 10.2. The van der Waals surface area contributed by atoms with E-state index in [1.807, 2.05) is 18.2 Å². The number of hydrogen-bond acceptors (Lipinski definition) is 2. The molecule has 0 aromatic heterocycles. The zero-order valence-corrected chi connectivity index (χ0v) is 22.2. The molecule has 3 aliphatic rings. The largest absolute Gasteiger partial charge is 0.386 e. The van der Waals surface area contributed by atoms with Gasteiger partial charge in [-0.1, -0.05) is 84.9 Å². The maximum absolute atomic E-state index is 11.9. The summed E-state index contributed by atoms with van der Waals surface area (Å²) in [6.45, 7) is 1.69. The Labute approximate surface area is 227 Å². The Hall–Kier alpha value is -3.20. The smallest absolute Gasteiger partial charge is 0.0987 e. The predicted molar refractivity (Wildman–Crippen MR) is 155 cm³/mol. The third-order valence-corrected chi connectivity index (χ3v) is 9.21. The highest BCUT2D eigenvalue weighted by Crippen LogP contribution is 2.46. The summed E-state index contributed by atoms with van der Waals surface area (Å²) in [5.41, 5.74) is 14.4. The molecule has 0 fully saturated rings. The second-order valence-corrected chi connectivity index (χ2v) is 11.5. The molecular weight excluding hydrogens is 462 g/mol. The molecule has 4 aromatic carbocycles. The van der Waals surface area contributed by atoms with E-state index in [0.29, 0.717) is 0 Å². The summed E-state index contributed by atoms with van der Waals surface area (Å²) in [6.07, 6.45) is 9.36. The minimum atomic E-state index is -0.612. The van der Waals surface area contributed by atoms with Gasteiger partial charge in [-0.3, -0.25) is 4.90 Å². The monoisotopic (exact) mass is 499 g/mol. The van der Waals surface area contributed by atoms with Crippen molar-refractivity contribution in [3.05, 3.63) is 129 Å². The van der Waals surface area contributed by atoms with Gasteiger partial charge in [-0.2, -0.15) is 0 Å². The molecule has 0 unspecified atom stereocenters. The highest BCUT2D eigenvalue weighted by Gasteiger charge is 2.34. The van der Waals surface area contributed by atoms with Gasteiger partial charge in [-0.05, 0) is 107 Å². The zero-order chi connectivity index (χ0) is 25.5. The molecule has 2 nitrogen and oxygen atoms in total. The molecule has 0 saturated heterocycles. The van der Waals surface area contributed by atoms with E-state index >= 15 is 0 Å². The van der Waals surface area contributed by atoms with Crippen LogP contribution in [0, 0.1) is 0 Å². The van der Waals surface area contributed by atoms with Crippen LogP contribution in [-0.4, -0.2) is 10.0 Å². The van der Waals surface area contributed by atoms with Crippen molar-refractivity contribution in [3.63, 3.8) is 0 Å². The lowest BCUT2D eigenvalue weighted by atomic mass is 9.78. The van der Waals surface area contributed by atoms with Gasteiger partial charge in [0.05, 0.1) is 12.1 Å². The van der Waals surface area contributed by atoms with Crippen LogP contribution in [0.2, 0.25) is 0 Å². The van der Waals surface area contributed by atoms with Crippen LogP contribution in [0.1, 0.15) is 82.3 Å². The predicted octanol–water partition coefficient (Wildman–Crippen LogP) is 7.90. The van der Waals surface area contributed by atoms with Crippen LogP contribution in [0.25, 0.3) is 11.1 Å². The molecule has 2 heteroatoms. The molecule has 2 atom stereocenters. The molecule has 0 bridgehead atoms. The van der Waals surface area contributed by atoms with Crippen LogP contribution < -0.4 is 0 Å². The van der Waals surface area contributed by atoms with Gasteiger partial charge in [-0.15, -0.1) is 0 Å². The van der Waals surface area contributed by atoms with E-state index in [4.69, 9.17) is 0 Å². The van der Waals surface area contributed by atoms with Crippen LogP contribution in [-0.2, 0) is 38.8 Å². The molecule has 0 radical (unpaired) electrons. The number of aliphatic hydroxyl groups excluding tert-OH is 1. The number of benzene rings is 4. The summed E-state index contributed by atoms with van der Waals surface area (Å²) in [7, 11) is 0. The average Bonchev–Trinajstić information content (AvgIpc) is 3.15. The van der Waals surface area contributed by atoms with Crippen LogP contribution in [0.5, 0.6) is 0 Å². The Bertz CT molecular complexity index is 1370. The van der Waals surface area contributed by atoms with Crippen molar-refractivity contribution in [2.75, 3.05) is 0 Å². The van der Waals surface area contributed by atoms with Gasteiger partial charge in [0, 0.05) is 13.1 Å². The fraction of sp³-hybridized carbons (Fsp3) is 0.333. The average molecular weight is 500 g/mol. The first kappa shape index (κ1) is 23.9. The van der Waals surface area contributed by atoms with Crippen LogP contribution in [0.3, 0.4) is 0 Å². The number of aliphatic hydroxyl groups is 1. The summed E-state index contributed by atoms with van der Waals surface area (Å²) in [5.74, 6) is 0. The van der Waals surface area contributed by atoms with Gasteiger partial charge in [0.1, 0.15) is 0 Å². The molecule has 1 heterocycles. The van der Waals surface area contributed by atoms with Gasteiger partial charge in [0.15, 0.2) is 0 Å². The van der Waals surface area contributed by atoms with Gasteiger partial charge >= 0.3 is 0 Å². The maximum Gasteiger partial charge on any atom is 0.0987 e. The maximum atomic E-state index is 11.9. The molecule has 0 saturated carbocycles. The normalized spacial score (nSPS) is 18.3. The molecule has 38 heavy (non-hydrogen) atoms. The van der Waals surface area contributed by atoms with Crippen LogP contribution >= 0.6 is 0 Å². The standard InChI is InChI=1S/C36H37NO/c38-36(28-15-5-2-6-16-28)35(27-13-3-1-4-14-27)37-23-29-21-19-25-11-7-9-17-31(25)33(29)34-30(24-37)22-20-26-12-8-10-18-32(26)34/h1-6,13-16,19-22,35-36,38H,7-12,17-18,23-24H2/t35-,36+/m0/s1. The molecule has 4 aromatic rings. The Morgan fingerprint density at radius 2 is 0.947 bits per heavy atom. The van der Waals surface area contributed by atoms with Crippen molar-refractivity contribution in [2.24, 2.45) is 0 Å². The molecule has 0 amide bonds. The Morgan fingerprint density at radius 3 is 1.47 bits per heavy atom. The minimum absolute atomic E-state index is 0.135. The molecular formula is C36H37NO. The lowest BCUT2D eigenvalue weighted by Gasteiger charge is -2.35. The number of fused-ring (bicyclic) bond motifs is 7. The zero-order valence-electron chi connectivity index (χ0n) is 22.2. The summed E-state index contributed by atoms with van der Waals surface area (Å²) in [4.78, 5) is 2.54. The van der Waals surface area contributed by atoms with E-state index in [1.165, 1.54) is 68.1 Å². The highest BCUT2D eigenvalue weighted by atomic mass is 16.3. The van der Waals surface area contributed by atoms with E-state index in [-0.39, 0.29) is 6.04 Å². The highest BCUT2D eigenvalue weighted by molar-refractivity contribution is 5.80. The van der Waals surface area contributed by atoms with Gasteiger partial charge < -0.3 is 5.11 Å². The number of aryl methyl sites for hydroxylation is 2. The minimum Gasteiger partial charge on any atom is -0.386 e. The van der Waals surface area contributed by atoms with Crippen molar-refractivity contribution in [3.8, 4) is 11.1 Å². The van der Waals surface area contributed by atoms with E-state index in [1.54, 1.807) is 33.4 Å². The fourth-order valence-electron chi connectivity index (χ4n) is 7.41. The summed E-state index contributed by atoms with van der Waals surface area (Å²) in [5, 5.41) is 11.9. The van der Waals surface area contributed by atoms with Crippen molar-refractivity contribution in [1.29, 1.82) is 0 Å². The first-order chi connectivity index (χ1) is 18.8. The number of hydrogen-bond donors (Lipinski definition) is 1. The molecule has 7 rings (SSSR count). The summed E-state index contributed by atoms with van der Waals surface area (Å²) >= 11 is 0. The lowest BCUT2D eigenvalue weighted by molar-refractivity contribution is 0.0379. The van der Waals surface area contributed by atoms with Crippen molar-refractivity contribution >= 4 is 0 Å². The van der Waals surface area contributed by atoms with E-state index in [9.17, 15) is 5.11 Å². The Kier molecular flexibility index (Phi) is 6.39. The van der Waals surface area contributed by atoms with Crippen molar-refractivity contribution in [2.45, 2.75) is 76.6 Å². The van der Waals surface area contributed by atoms with Crippen LogP contribution in [0.4, 0.5) is 0 Å². The Morgan fingerprint density at radius 1 is 0.500 bits per heavy atom. The van der Waals surface area contributed by atoms with Crippen molar-refractivity contribution < 1.29 is 5.11 Å². The van der Waals surface area contributed by atoms with Gasteiger partial charge in [-0.25, -0.2) is 0 Å². The third-order valence-electron chi connectivity index (χ3n) is 9.21. The SMILES string of the molecule is O[C@H](c1ccccc1)[C@H](c1ccccc1)N1Cc2ccc3c(c2-c2c(ccc4c2CCCC4)C1)CCCC3. The van der Waals surface area contributed by atoms with Crippen LogP contribution in [0.15, 0.2) is 84.9 Å². The molecule has 192 valence electrons. The second-order valence-electron chi connectivity index (χ2n) is 11.5.